The molecule has 0 aliphatic rings. The van der Waals surface area contributed by atoms with Crippen LogP contribution >= 0.6 is 24.4 Å². The Morgan fingerprint density at radius 2 is 2.20 bits per heavy atom. The second-order valence-corrected chi connectivity index (χ2v) is 5.00. The first-order chi connectivity index (χ1) is 4.45. The van der Waals surface area contributed by atoms with Crippen molar-refractivity contribution in [3.8, 4) is 0 Å². The third-order valence-electron chi connectivity index (χ3n) is 0.762. The molecule has 0 spiro atoms. The number of hydrogen-bond acceptors (Lipinski definition) is 4. The van der Waals surface area contributed by atoms with Gasteiger partial charge in [-0.3, -0.25) is 4.55 Å². The number of thiol groups is 1. The van der Waals surface area contributed by atoms with Gasteiger partial charge in [0.2, 0.25) is 0 Å². The van der Waals surface area contributed by atoms with E-state index in [0.29, 0.717) is 5.75 Å². The maximum absolute atomic E-state index is 10.2. The predicted molar refractivity (Wildman–Crippen MR) is 47.6 cm³/mol. The van der Waals surface area contributed by atoms with Crippen LogP contribution in [0.15, 0.2) is 0 Å². The van der Waals surface area contributed by atoms with E-state index in [1.807, 2.05) is 6.26 Å². The van der Waals surface area contributed by atoms with Crippen LogP contribution in [0.4, 0.5) is 0 Å². The maximum atomic E-state index is 10.2. The van der Waals surface area contributed by atoms with E-state index < -0.39 is 10.1 Å². The molecule has 0 fully saturated rings. The lowest BCUT2D eigenvalue weighted by molar-refractivity contribution is 0.483. The van der Waals surface area contributed by atoms with Gasteiger partial charge in [0.05, 0.1) is 5.75 Å². The highest BCUT2D eigenvalue weighted by atomic mass is 32.2. The van der Waals surface area contributed by atoms with E-state index in [1.165, 1.54) is 11.8 Å². The minimum atomic E-state index is -3.84. The first-order valence-corrected chi connectivity index (χ1v) is 6.10. The molecule has 0 aromatic heterocycles. The molecule has 0 aromatic rings. The Balaban J connectivity index is 3.69. The normalized spacial score (nSPS) is 15.1. The summed E-state index contributed by atoms with van der Waals surface area (Å²) >= 11 is 5.44. The summed E-state index contributed by atoms with van der Waals surface area (Å²) < 4.78 is 28.8. The fourth-order valence-corrected chi connectivity index (χ4v) is 2.75. The average molecular weight is 202 g/mol. The largest absolute Gasteiger partial charge is 0.286 e. The number of thioether (sulfide) groups is 1. The highest BCUT2D eigenvalue weighted by Gasteiger charge is 2.11. The summed E-state index contributed by atoms with van der Waals surface area (Å²) in [5.74, 6) is 0.361. The lowest BCUT2D eigenvalue weighted by Gasteiger charge is -2.04. The zero-order valence-corrected chi connectivity index (χ0v) is 8.05. The van der Waals surface area contributed by atoms with E-state index in [2.05, 4.69) is 12.6 Å². The highest BCUT2D eigenvalue weighted by Crippen LogP contribution is 2.05. The molecule has 62 valence electrons. The van der Waals surface area contributed by atoms with E-state index >= 15 is 0 Å². The van der Waals surface area contributed by atoms with Crippen molar-refractivity contribution >= 4 is 34.5 Å². The molecule has 6 heteroatoms. The molecule has 0 aromatic carbocycles. The van der Waals surface area contributed by atoms with Crippen LogP contribution in [0.3, 0.4) is 0 Å². The van der Waals surface area contributed by atoms with Gasteiger partial charge in [0.15, 0.2) is 0 Å². The van der Waals surface area contributed by atoms with E-state index in [4.69, 9.17) is 4.55 Å². The fourth-order valence-electron chi connectivity index (χ4n) is 0.484. The molecular weight excluding hydrogens is 192 g/mol. The minimum absolute atomic E-state index is 0.267. The van der Waals surface area contributed by atoms with Gasteiger partial charge in [-0.05, 0) is 6.26 Å². The topological polar surface area (TPSA) is 54.4 Å². The van der Waals surface area contributed by atoms with Crippen LogP contribution in [-0.4, -0.2) is 36.0 Å². The third-order valence-corrected chi connectivity index (χ3v) is 3.18. The van der Waals surface area contributed by atoms with Crippen molar-refractivity contribution in [3.63, 3.8) is 0 Å². The van der Waals surface area contributed by atoms with Gasteiger partial charge in [0.1, 0.15) is 0 Å². The second-order valence-electron chi connectivity index (χ2n) is 1.86. The van der Waals surface area contributed by atoms with Crippen molar-refractivity contribution in [3.05, 3.63) is 0 Å². The van der Waals surface area contributed by atoms with Crippen LogP contribution < -0.4 is 0 Å². The van der Waals surface area contributed by atoms with Gasteiger partial charge in [-0.15, -0.1) is 0 Å². The molecule has 0 rings (SSSR count). The number of rotatable bonds is 4. The lowest BCUT2D eigenvalue weighted by Crippen LogP contribution is -2.17. The molecule has 1 N–H and O–H groups in total. The Kier molecular flexibility index (Phi) is 4.75. The Morgan fingerprint density at radius 3 is 2.50 bits per heavy atom. The SMILES string of the molecule is CSCC(S)CS(=O)(=O)O. The lowest BCUT2D eigenvalue weighted by atomic mass is 10.6. The monoisotopic (exact) mass is 202 g/mol. The van der Waals surface area contributed by atoms with Crippen molar-refractivity contribution in [2.24, 2.45) is 0 Å². The molecule has 0 amide bonds. The Labute approximate surface area is 70.7 Å². The standard InChI is InChI=1S/C4H10O3S3/c1-9-2-4(8)3-10(5,6)7/h4,8H,2-3H2,1H3,(H,5,6,7). The summed E-state index contributed by atoms with van der Waals surface area (Å²) in [4.78, 5) is 0. The summed E-state index contributed by atoms with van der Waals surface area (Å²) in [6.07, 6.45) is 1.85. The van der Waals surface area contributed by atoms with Gasteiger partial charge < -0.3 is 0 Å². The summed E-state index contributed by atoms with van der Waals surface area (Å²) in [6, 6.07) is 0. The van der Waals surface area contributed by atoms with Gasteiger partial charge in [0, 0.05) is 11.0 Å². The van der Waals surface area contributed by atoms with Gasteiger partial charge >= 0.3 is 0 Å². The summed E-state index contributed by atoms with van der Waals surface area (Å²) in [7, 11) is -3.84. The second kappa shape index (κ2) is 4.48. The van der Waals surface area contributed by atoms with Crippen molar-refractivity contribution in [2.75, 3.05) is 17.8 Å². The van der Waals surface area contributed by atoms with E-state index in [9.17, 15) is 8.42 Å². The molecule has 0 saturated heterocycles. The van der Waals surface area contributed by atoms with Crippen molar-refractivity contribution < 1.29 is 13.0 Å². The van der Waals surface area contributed by atoms with Gasteiger partial charge in [0.25, 0.3) is 10.1 Å². The van der Waals surface area contributed by atoms with Crippen LogP contribution in [-0.2, 0) is 10.1 Å². The summed E-state index contributed by atoms with van der Waals surface area (Å²) in [5, 5.41) is -0.273. The average Bonchev–Trinajstić information content (AvgIpc) is 1.59. The quantitative estimate of drug-likeness (QED) is 0.516. The number of hydrogen-bond donors (Lipinski definition) is 2. The fraction of sp³-hybridized carbons (Fsp3) is 1.00. The van der Waals surface area contributed by atoms with Crippen LogP contribution in [0.5, 0.6) is 0 Å². The van der Waals surface area contributed by atoms with Gasteiger partial charge in [-0.25, -0.2) is 0 Å². The van der Waals surface area contributed by atoms with Crippen molar-refractivity contribution in [1.82, 2.24) is 0 Å². The predicted octanol–water partition coefficient (Wildman–Crippen LogP) is 0.536. The molecule has 1 atom stereocenters. The summed E-state index contributed by atoms with van der Waals surface area (Å²) in [6.45, 7) is 0. The highest BCUT2D eigenvalue weighted by molar-refractivity contribution is 7.99. The molecule has 0 aliphatic carbocycles. The van der Waals surface area contributed by atoms with Crippen LogP contribution in [0, 0.1) is 0 Å². The minimum Gasteiger partial charge on any atom is -0.286 e. The molecule has 0 saturated carbocycles. The smallest absolute Gasteiger partial charge is 0.265 e. The molecule has 10 heavy (non-hydrogen) atoms. The van der Waals surface area contributed by atoms with Crippen LogP contribution in [0.2, 0.25) is 0 Å². The molecule has 0 heterocycles. The molecule has 3 nitrogen and oxygen atoms in total. The molecule has 0 aliphatic heterocycles. The van der Waals surface area contributed by atoms with E-state index in [0.717, 1.165) is 0 Å². The first-order valence-electron chi connectivity index (χ1n) is 2.58. The summed E-state index contributed by atoms with van der Waals surface area (Å²) in [5.41, 5.74) is 0. The maximum Gasteiger partial charge on any atom is 0.265 e. The molecule has 0 radical (unpaired) electrons. The van der Waals surface area contributed by atoms with E-state index in [1.54, 1.807) is 0 Å². The van der Waals surface area contributed by atoms with Crippen LogP contribution in [0.1, 0.15) is 0 Å². The third kappa shape index (κ3) is 6.73. The Hall–Kier alpha value is 0.610. The van der Waals surface area contributed by atoms with Crippen molar-refractivity contribution in [1.29, 1.82) is 0 Å². The first kappa shape index (κ1) is 10.6. The zero-order chi connectivity index (χ0) is 8.20. The van der Waals surface area contributed by atoms with Crippen molar-refractivity contribution in [2.45, 2.75) is 5.25 Å². The van der Waals surface area contributed by atoms with Crippen LogP contribution in [0.25, 0.3) is 0 Å². The molecule has 0 bridgehead atoms. The zero-order valence-electron chi connectivity index (χ0n) is 5.52. The van der Waals surface area contributed by atoms with Gasteiger partial charge in [-0.1, -0.05) is 0 Å². The Morgan fingerprint density at radius 1 is 1.70 bits per heavy atom. The van der Waals surface area contributed by atoms with Gasteiger partial charge in [-0.2, -0.15) is 32.8 Å². The van der Waals surface area contributed by atoms with E-state index in [-0.39, 0.29) is 11.0 Å². The molecular formula is C4H10O3S3. The Bertz CT molecular complexity index is 174. The molecule has 1 unspecified atom stereocenters.